The minimum Gasteiger partial charge on any atom is -0.487 e. The predicted molar refractivity (Wildman–Crippen MR) is 96.6 cm³/mol. The van der Waals surface area contributed by atoms with Crippen LogP contribution in [-0.2, 0) is 17.9 Å². The van der Waals surface area contributed by atoms with Gasteiger partial charge in [0.15, 0.2) is 0 Å². The molecule has 0 aliphatic carbocycles. The van der Waals surface area contributed by atoms with E-state index >= 15 is 0 Å². The van der Waals surface area contributed by atoms with Crippen molar-refractivity contribution >= 4 is 10.9 Å². The molecule has 0 atom stereocenters. The molecule has 2 aromatic heterocycles. The highest BCUT2D eigenvalue weighted by Crippen LogP contribution is 2.27. The largest absolute Gasteiger partial charge is 0.487 e. The lowest BCUT2D eigenvalue weighted by molar-refractivity contribution is 0.187. The van der Waals surface area contributed by atoms with Crippen LogP contribution in [0.5, 0.6) is 5.75 Å². The molecule has 126 valence electrons. The zero-order chi connectivity index (χ0) is 17.1. The molecule has 0 aliphatic heterocycles. The fraction of sp³-hybridized carbons (Fsp3) is 0.350. The van der Waals surface area contributed by atoms with Crippen molar-refractivity contribution in [2.45, 2.75) is 33.9 Å². The number of aryl methyl sites for hydroxylation is 2. The molecule has 0 spiro atoms. The molecule has 0 amide bonds. The number of benzene rings is 1. The highest BCUT2D eigenvalue weighted by molar-refractivity contribution is 5.86. The molecule has 0 N–H and O–H groups in total. The van der Waals surface area contributed by atoms with E-state index in [1.165, 1.54) is 22.2 Å². The molecule has 0 unspecified atom stereocenters. The van der Waals surface area contributed by atoms with E-state index in [-0.39, 0.29) is 0 Å². The van der Waals surface area contributed by atoms with E-state index in [0.717, 1.165) is 23.5 Å². The molecule has 2 heterocycles. The van der Waals surface area contributed by atoms with Crippen molar-refractivity contribution in [3.63, 3.8) is 0 Å². The molecule has 3 aromatic rings. The molecule has 0 aliphatic rings. The molecule has 0 saturated carbocycles. The Bertz CT molecular complexity index is 835. The second-order valence-corrected chi connectivity index (χ2v) is 6.11. The van der Waals surface area contributed by atoms with Crippen LogP contribution < -0.4 is 4.74 Å². The summed E-state index contributed by atoms with van der Waals surface area (Å²) in [6.07, 6.45) is 1.86. The molecule has 0 saturated heterocycles. The number of hydrogen-bond donors (Lipinski definition) is 0. The molecule has 3 rings (SSSR count). The quantitative estimate of drug-likeness (QED) is 0.682. The topological polar surface area (TPSA) is 36.3 Å². The van der Waals surface area contributed by atoms with Crippen LogP contribution >= 0.6 is 0 Å². The Morgan fingerprint density at radius 3 is 2.50 bits per heavy atom. The standard InChI is InChI=1S/C20H24N2O2/c1-14-5-7-17(8-6-14)24-13-19-20-18(9-10-21-19)15(2)16(3)22(20)11-12-23-4/h5-10H,11-13H2,1-4H3. The van der Waals surface area contributed by atoms with Crippen LogP contribution in [0.2, 0.25) is 0 Å². The first-order chi connectivity index (χ1) is 11.6. The number of pyridine rings is 1. The Labute approximate surface area is 143 Å². The molecule has 0 fully saturated rings. The number of rotatable bonds is 6. The van der Waals surface area contributed by atoms with Gasteiger partial charge in [-0.2, -0.15) is 0 Å². The first-order valence-corrected chi connectivity index (χ1v) is 8.23. The van der Waals surface area contributed by atoms with Crippen molar-refractivity contribution in [3.8, 4) is 5.75 Å². The summed E-state index contributed by atoms with van der Waals surface area (Å²) in [5.74, 6) is 0.864. The van der Waals surface area contributed by atoms with E-state index in [9.17, 15) is 0 Å². The van der Waals surface area contributed by atoms with Crippen LogP contribution in [0, 0.1) is 20.8 Å². The second kappa shape index (κ2) is 7.05. The number of ether oxygens (including phenoxy) is 2. The average Bonchev–Trinajstić information content (AvgIpc) is 2.84. The van der Waals surface area contributed by atoms with Gasteiger partial charge in [-0.15, -0.1) is 0 Å². The van der Waals surface area contributed by atoms with Crippen molar-refractivity contribution in [3.05, 3.63) is 59.0 Å². The summed E-state index contributed by atoms with van der Waals surface area (Å²) in [7, 11) is 1.73. The van der Waals surface area contributed by atoms with E-state index in [1.807, 2.05) is 18.3 Å². The van der Waals surface area contributed by atoms with Gasteiger partial charge in [0, 0.05) is 30.9 Å². The molecule has 4 heteroatoms. The fourth-order valence-corrected chi connectivity index (χ4v) is 3.02. The van der Waals surface area contributed by atoms with E-state index in [2.05, 4.69) is 48.5 Å². The van der Waals surface area contributed by atoms with Gasteiger partial charge in [-0.05, 0) is 44.5 Å². The number of nitrogens with zero attached hydrogens (tertiary/aromatic N) is 2. The van der Waals surface area contributed by atoms with Crippen LogP contribution in [0.3, 0.4) is 0 Å². The third-order valence-corrected chi connectivity index (χ3v) is 4.54. The average molecular weight is 324 g/mol. The summed E-state index contributed by atoms with van der Waals surface area (Å²) in [5.41, 5.74) is 5.88. The minimum absolute atomic E-state index is 0.455. The lowest BCUT2D eigenvalue weighted by Gasteiger charge is -2.11. The van der Waals surface area contributed by atoms with Crippen molar-refractivity contribution in [1.82, 2.24) is 9.55 Å². The van der Waals surface area contributed by atoms with Gasteiger partial charge < -0.3 is 14.0 Å². The maximum atomic E-state index is 5.96. The Morgan fingerprint density at radius 2 is 1.79 bits per heavy atom. The van der Waals surface area contributed by atoms with Gasteiger partial charge in [0.05, 0.1) is 12.1 Å². The van der Waals surface area contributed by atoms with Crippen molar-refractivity contribution < 1.29 is 9.47 Å². The molecular formula is C20H24N2O2. The highest BCUT2D eigenvalue weighted by Gasteiger charge is 2.15. The van der Waals surface area contributed by atoms with Crippen LogP contribution in [0.4, 0.5) is 0 Å². The number of fused-ring (bicyclic) bond motifs is 1. The van der Waals surface area contributed by atoms with Gasteiger partial charge in [-0.1, -0.05) is 17.7 Å². The number of hydrogen-bond acceptors (Lipinski definition) is 3. The lowest BCUT2D eigenvalue weighted by Crippen LogP contribution is -2.09. The monoisotopic (exact) mass is 324 g/mol. The first kappa shape index (κ1) is 16.5. The van der Waals surface area contributed by atoms with Crippen LogP contribution in [0.1, 0.15) is 22.5 Å². The smallest absolute Gasteiger partial charge is 0.132 e. The van der Waals surface area contributed by atoms with Crippen molar-refractivity contribution in [2.24, 2.45) is 0 Å². The number of methoxy groups -OCH3 is 1. The molecule has 0 radical (unpaired) electrons. The minimum atomic E-state index is 0.455. The van der Waals surface area contributed by atoms with Crippen molar-refractivity contribution in [1.29, 1.82) is 0 Å². The summed E-state index contributed by atoms with van der Waals surface area (Å²) in [5, 5.41) is 1.24. The van der Waals surface area contributed by atoms with Gasteiger partial charge >= 0.3 is 0 Å². The van der Waals surface area contributed by atoms with Gasteiger partial charge in [0.1, 0.15) is 18.1 Å². The van der Waals surface area contributed by atoms with Crippen molar-refractivity contribution in [2.75, 3.05) is 13.7 Å². The van der Waals surface area contributed by atoms with Gasteiger partial charge in [-0.25, -0.2) is 0 Å². The van der Waals surface area contributed by atoms with Gasteiger partial charge in [-0.3, -0.25) is 4.98 Å². The third-order valence-electron chi connectivity index (χ3n) is 4.54. The predicted octanol–water partition coefficient (Wildman–Crippen LogP) is 4.19. The summed E-state index contributed by atoms with van der Waals surface area (Å²) >= 11 is 0. The zero-order valence-corrected chi connectivity index (χ0v) is 14.8. The van der Waals surface area contributed by atoms with Gasteiger partial charge in [0.25, 0.3) is 0 Å². The van der Waals surface area contributed by atoms with E-state index < -0.39 is 0 Å². The van der Waals surface area contributed by atoms with E-state index in [4.69, 9.17) is 9.47 Å². The Morgan fingerprint density at radius 1 is 1.04 bits per heavy atom. The summed E-state index contributed by atoms with van der Waals surface area (Å²) in [6, 6.07) is 10.2. The third kappa shape index (κ3) is 3.15. The Hall–Kier alpha value is -2.33. The fourth-order valence-electron chi connectivity index (χ4n) is 3.02. The number of aromatic nitrogens is 2. The second-order valence-electron chi connectivity index (χ2n) is 6.11. The highest BCUT2D eigenvalue weighted by atomic mass is 16.5. The maximum absolute atomic E-state index is 5.96. The Balaban J connectivity index is 1.95. The normalized spacial score (nSPS) is 11.2. The molecular weight excluding hydrogens is 300 g/mol. The zero-order valence-electron chi connectivity index (χ0n) is 14.8. The summed E-state index contributed by atoms with van der Waals surface area (Å²) in [6.45, 7) is 8.32. The maximum Gasteiger partial charge on any atom is 0.132 e. The molecule has 4 nitrogen and oxygen atoms in total. The molecule has 1 aromatic carbocycles. The molecule has 24 heavy (non-hydrogen) atoms. The van der Waals surface area contributed by atoms with Gasteiger partial charge in [0.2, 0.25) is 0 Å². The van der Waals surface area contributed by atoms with Crippen LogP contribution in [-0.4, -0.2) is 23.3 Å². The first-order valence-electron chi connectivity index (χ1n) is 8.23. The van der Waals surface area contributed by atoms with Crippen LogP contribution in [0.15, 0.2) is 36.5 Å². The van der Waals surface area contributed by atoms with E-state index in [1.54, 1.807) is 7.11 Å². The van der Waals surface area contributed by atoms with E-state index in [0.29, 0.717) is 13.2 Å². The summed E-state index contributed by atoms with van der Waals surface area (Å²) < 4.78 is 13.5. The molecule has 0 bridgehead atoms. The lowest BCUT2D eigenvalue weighted by atomic mass is 10.2. The Kier molecular flexibility index (Phi) is 4.86. The van der Waals surface area contributed by atoms with Crippen LogP contribution in [0.25, 0.3) is 10.9 Å². The summed E-state index contributed by atoms with van der Waals surface area (Å²) in [4.78, 5) is 4.58. The SMILES string of the molecule is COCCn1c(C)c(C)c2ccnc(COc3ccc(C)cc3)c21.